The summed E-state index contributed by atoms with van der Waals surface area (Å²) in [6.45, 7) is 9.62. The summed E-state index contributed by atoms with van der Waals surface area (Å²) in [5.41, 5.74) is -0.125. The van der Waals surface area contributed by atoms with Gasteiger partial charge in [0.2, 0.25) is 5.75 Å². The number of methoxy groups -OCH3 is 1. The van der Waals surface area contributed by atoms with Crippen molar-refractivity contribution in [2.75, 3.05) is 13.7 Å². The van der Waals surface area contributed by atoms with Crippen LogP contribution in [0.25, 0.3) is 0 Å². The van der Waals surface area contributed by atoms with Crippen LogP contribution in [0, 0.1) is 0 Å². The standard InChI is InChI=1S/C44H66O14/c1-7-12-17-22-32(45)52-28-31-39(55-34(47)24-19-14-9-3)42(57-36(49)26-21-16-11-5)43-41(54-31)37-29(44(50)58-43)27-30(53-33(46)23-18-13-8-2)38(51-6)40(37)56-35(48)25-20-15-10-4/h27,31,39,41-43H,7-26,28H2,1-6H3/t31-,39-,41?,42+,43?/m1/s1. The molecule has 3 rings (SSSR count). The van der Waals surface area contributed by atoms with Crippen molar-refractivity contribution >= 4 is 35.8 Å². The number of benzene rings is 1. The molecule has 326 valence electrons. The smallest absolute Gasteiger partial charge is 0.339 e. The molecule has 58 heavy (non-hydrogen) atoms. The first-order valence-corrected chi connectivity index (χ1v) is 21.6. The van der Waals surface area contributed by atoms with Gasteiger partial charge in [-0.05, 0) is 38.2 Å². The normalized spacial score (nSPS) is 19.6. The quantitative estimate of drug-likeness (QED) is 0.0356. The van der Waals surface area contributed by atoms with Crippen LogP contribution in [0.15, 0.2) is 6.07 Å². The van der Waals surface area contributed by atoms with E-state index >= 15 is 0 Å². The summed E-state index contributed by atoms with van der Waals surface area (Å²) in [7, 11) is 1.31. The SMILES string of the molecule is CCCCCC(=O)OC[C@H]1OC2c3c(cc(OC(=O)CCCCC)c(OC)c3OC(=O)CCCCC)C(=O)OC2[C@@H](OC(=O)CCCCC)[C@@H]1OC(=O)CCCCC. The summed E-state index contributed by atoms with van der Waals surface area (Å²) < 4.78 is 47.8. The maximum atomic E-state index is 14.1. The Balaban J connectivity index is 2.21. The number of hydrogen-bond donors (Lipinski definition) is 0. The van der Waals surface area contributed by atoms with E-state index in [1.165, 1.54) is 13.2 Å². The van der Waals surface area contributed by atoms with Gasteiger partial charge in [0.25, 0.3) is 0 Å². The Hall–Kier alpha value is -4.20. The van der Waals surface area contributed by atoms with Gasteiger partial charge in [-0.1, -0.05) is 98.8 Å². The van der Waals surface area contributed by atoms with Gasteiger partial charge >= 0.3 is 35.8 Å². The average Bonchev–Trinajstić information content (AvgIpc) is 3.19. The van der Waals surface area contributed by atoms with Crippen LogP contribution in [0.4, 0.5) is 0 Å². The zero-order chi connectivity index (χ0) is 42.5. The van der Waals surface area contributed by atoms with E-state index in [0.717, 1.165) is 64.2 Å². The van der Waals surface area contributed by atoms with Crippen LogP contribution in [-0.2, 0) is 47.7 Å². The molecule has 14 nitrogen and oxygen atoms in total. The summed E-state index contributed by atoms with van der Waals surface area (Å²) >= 11 is 0. The number of carbonyl (C=O) groups is 6. The minimum Gasteiger partial charge on any atom is -0.490 e. The predicted octanol–water partition coefficient (Wildman–Crippen LogP) is 8.75. The second kappa shape index (κ2) is 26.0. The third-order valence-electron chi connectivity index (χ3n) is 10.1. The lowest BCUT2D eigenvalue weighted by Gasteiger charge is -2.47. The number of hydrogen-bond acceptors (Lipinski definition) is 14. The number of ether oxygens (including phenoxy) is 8. The maximum Gasteiger partial charge on any atom is 0.339 e. The van der Waals surface area contributed by atoms with Crippen molar-refractivity contribution in [2.45, 2.75) is 194 Å². The van der Waals surface area contributed by atoms with Crippen molar-refractivity contribution in [1.29, 1.82) is 0 Å². The van der Waals surface area contributed by atoms with Crippen molar-refractivity contribution in [3.05, 3.63) is 17.2 Å². The number of fused-ring (bicyclic) bond motifs is 3. The molecule has 2 heterocycles. The molecule has 2 unspecified atom stereocenters. The van der Waals surface area contributed by atoms with Gasteiger partial charge in [0, 0.05) is 37.7 Å². The first kappa shape index (κ1) is 48.2. The summed E-state index contributed by atoms with van der Waals surface area (Å²) in [5.74, 6) is -4.39. The molecule has 1 saturated heterocycles. The first-order valence-electron chi connectivity index (χ1n) is 21.6. The summed E-state index contributed by atoms with van der Waals surface area (Å²) in [5, 5.41) is 0. The minimum absolute atomic E-state index is 0.0201. The van der Waals surface area contributed by atoms with Crippen LogP contribution in [0.5, 0.6) is 17.2 Å². The van der Waals surface area contributed by atoms with E-state index in [2.05, 4.69) is 0 Å². The van der Waals surface area contributed by atoms with Crippen LogP contribution >= 0.6 is 0 Å². The summed E-state index contributed by atoms with van der Waals surface area (Å²) in [6, 6.07) is 1.27. The third kappa shape index (κ3) is 14.6. The molecule has 0 N–H and O–H groups in total. The van der Waals surface area contributed by atoms with Gasteiger partial charge in [0.05, 0.1) is 12.7 Å². The molecule has 0 saturated carbocycles. The Morgan fingerprint density at radius 2 is 1.05 bits per heavy atom. The lowest BCUT2D eigenvalue weighted by Crippen LogP contribution is -2.61. The first-order chi connectivity index (χ1) is 28.0. The monoisotopic (exact) mass is 818 g/mol. The van der Waals surface area contributed by atoms with Crippen LogP contribution in [-0.4, -0.2) is 73.9 Å². The molecule has 2 aliphatic rings. The number of unbranched alkanes of at least 4 members (excludes halogenated alkanes) is 10. The van der Waals surface area contributed by atoms with Gasteiger partial charge in [-0.25, -0.2) is 4.79 Å². The maximum absolute atomic E-state index is 14.1. The fourth-order valence-electron chi connectivity index (χ4n) is 6.93. The topological polar surface area (TPSA) is 176 Å². The summed E-state index contributed by atoms with van der Waals surface area (Å²) in [6.07, 6.45) is 4.78. The molecular formula is C44H66O14. The van der Waals surface area contributed by atoms with Crippen LogP contribution < -0.4 is 14.2 Å². The van der Waals surface area contributed by atoms with Gasteiger partial charge in [-0.3, -0.25) is 24.0 Å². The van der Waals surface area contributed by atoms with Gasteiger partial charge in [0.15, 0.2) is 29.8 Å². The largest absolute Gasteiger partial charge is 0.490 e. The molecule has 5 atom stereocenters. The zero-order valence-corrected chi connectivity index (χ0v) is 35.5. The third-order valence-corrected chi connectivity index (χ3v) is 10.1. The Labute approximate surface area is 343 Å². The number of esters is 6. The number of rotatable bonds is 27. The molecule has 1 fully saturated rings. The van der Waals surface area contributed by atoms with E-state index in [1.54, 1.807) is 0 Å². The molecule has 2 aliphatic heterocycles. The van der Waals surface area contributed by atoms with Crippen LogP contribution in [0.3, 0.4) is 0 Å². The minimum atomic E-state index is -1.42. The Kier molecular flexibility index (Phi) is 21.6. The molecule has 1 aromatic rings. The van der Waals surface area contributed by atoms with E-state index in [-0.39, 0.29) is 60.5 Å². The van der Waals surface area contributed by atoms with Crippen LogP contribution in [0.1, 0.15) is 185 Å². The second-order valence-corrected chi connectivity index (χ2v) is 15.0. The van der Waals surface area contributed by atoms with E-state index < -0.39 is 72.9 Å². The highest BCUT2D eigenvalue weighted by Crippen LogP contribution is 2.52. The molecule has 14 heteroatoms. The molecular weight excluding hydrogens is 752 g/mol. The molecule has 0 bridgehead atoms. The van der Waals surface area contributed by atoms with E-state index in [4.69, 9.17) is 37.9 Å². The van der Waals surface area contributed by atoms with Gasteiger partial charge in [0.1, 0.15) is 18.8 Å². The fraction of sp³-hybridized carbons (Fsp3) is 0.727. The van der Waals surface area contributed by atoms with Crippen molar-refractivity contribution in [3.63, 3.8) is 0 Å². The van der Waals surface area contributed by atoms with Crippen molar-refractivity contribution in [3.8, 4) is 17.2 Å². The summed E-state index contributed by atoms with van der Waals surface area (Å²) in [4.78, 5) is 80.2. The molecule has 0 spiro atoms. The van der Waals surface area contributed by atoms with Crippen molar-refractivity contribution in [2.24, 2.45) is 0 Å². The molecule has 0 radical (unpaired) electrons. The van der Waals surface area contributed by atoms with E-state index in [9.17, 15) is 28.8 Å². The molecule has 0 amide bonds. The Bertz CT molecular complexity index is 1510. The lowest BCUT2D eigenvalue weighted by atomic mass is 9.85. The number of carbonyl (C=O) groups excluding carboxylic acids is 6. The van der Waals surface area contributed by atoms with Crippen molar-refractivity contribution < 1.29 is 66.7 Å². The molecule has 0 aliphatic carbocycles. The highest BCUT2D eigenvalue weighted by molar-refractivity contribution is 5.96. The second-order valence-electron chi connectivity index (χ2n) is 15.0. The van der Waals surface area contributed by atoms with Crippen LogP contribution in [0.2, 0.25) is 0 Å². The van der Waals surface area contributed by atoms with E-state index in [1.807, 2.05) is 34.6 Å². The zero-order valence-electron chi connectivity index (χ0n) is 35.5. The Morgan fingerprint density at radius 1 is 0.586 bits per heavy atom. The van der Waals surface area contributed by atoms with Crippen molar-refractivity contribution in [1.82, 2.24) is 0 Å². The van der Waals surface area contributed by atoms with Gasteiger partial charge in [-0.15, -0.1) is 0 Å². The lowest BCUT2D eigenvalue weighted by molar-refractivity contribution is -0.252. The molecule has 1 aromatic carbocycles. The molecule has 0 aromatic heterocycles. The predicted molar refractivity (Wildman–Crippen MR) is 213 cm³/mol. The highest BCUT2D eigenvalue weighted by atomic mass is 16.7. The highest BCUT2D eigenvalue weighted by Gasteiger charge is 2.57. The van der Waals surface area contributed by atoms with Gasteiger partial charge in [-0.2, -0.15) is 0 Å². The average molecular weight is 819 g/mol. The van der Waals surface area contributed by atoms with Gasteiger partial charge < -0.3 is 37.9 Å². The Morgan fingerprint density at radius 3 is 1.55 bits per heavy atom. The fourth-order valence-corrected chi connectivity index (χ4v) is 6.93. The van der Waals surface area contributed by atoms with E-state index in [0.29, 0.717) is 32.1 Å².